The lowest BCUT2D eigenvalue weighted by Crippen LogP contribution is -2.00. The monoisotopic (exact) mass is 220 g/mol. The van der Waals surface area contributed by atoms with Crippen molar-refractivity contribution >= 4 is 15.9 Å². The quantitative estimate of drug-likeness (QED) is 0.495. The minimum absolute atomic E-state index is 0.791. The topological polar surface area (TPSA) is 9.23 Å². The summed E-state index contributed by atoms with van der Waals surface area (Å²) in [6, 6.07) is 0. The van der Waals surface area contributed by atoms with Crippen LogP contribution < -0.4 is 0 Å². The van der Waals surface area contributed by atoms with E-state index in [1.807, 2.05) is 0 Å². The lowest BCUT2D eigenvalue weighted by atomic mass is 10.1. The fourth-order valence-electron chi connectivity index (χ4n) is 1.28. The number of ether oxygens (including phenoxy) is 1. The molecular formula is C9H17BrO. The number of hydrogen-bond donors (Lipinski definition) is 0. The largest absolute Gasteiger partial charge is 0.385 e. The van der Waals surface area contributed by atoms with Crippen LogP contribution in [0.3, 0.4) is 0 Å². The molecule has 1 rings (SSSR count). The molecule has 0 spiro atoms. The van der Waals surface area contributed by atoms with Crippen molar-refractivity contribution in [2.45, 2.75) is 36.9 Å². The summed E-state index contributed by atoms with van der Waals surface area (Å²) in [7, 11) is 1.77. The van der Waals surface area contributed by atoms with Gasteiger partial charge < -0.3 is 4.74 Å². The van der Waals surface area contributed by atoms with E-state index in [0.717, 1.165) is 17.4 Å². The van der Waals surface area contributed by atoms with Crippen molar-refractivity contribution < 1.29 is 4.74 Å². The zero-order chi connectivity index (χ0) is 8.10. The Hall–Kier alpha value is 0.440. The molecule has 0 aliphatic heterocycles. The molecule has 2 heteroatoms. The molecule has 0 N–H and O–H groups in total. The summed E-state index contributed by atoms with van der Waals surface area (Å²) in [5.74, 6) is 0.998. The minimum atomic E-state index is 0.791. The summed E-state index contributed by atoms with van der Waals surface area (Å²) in [5, 5.41) is 0. The van der Waals surface area contributed by atoms with Crippen molar-refractivity contribution in [1.82, 2.24) is 0 Å². The summed E-state index contributed by atoms with van der Waals surface area (Å²) in [6.45, 7) is 0.921. The van der Waals surface area contributed by atoms with Crippen molar-refractivity contribution in [3.05, 3.63) is 0 Å². The van der Waals surface area contributed by atoms with E-state index in [2.05, 4.69) is 15.9 Å². The van der Waals surface area contributed by atoms with Crippen LogP contribution in [0.15, 0.2) is 0 Å². The SMILES string of the molecule is COCCCCC(Br)C1CC1. The molecule has 1 atom stereocenters. The second kappa shape index (κ2) is 5.15. The van der Waals surface area contributed by atoms with Gasteiger partial charge >= 0.3 is 0 Å². The smallest absolute Gasteiger partial charge is 0.0462 e. The average Bonchev–Trinajstić information content (AvgIpc) is 2.79. The highest BCUT2D eigenvalue weighted by Crippen LogP contribution is 2.38. The van der Waals surface area contributed by atoms with Crippen LogP contribution >= 0.6 is 15.9 Å². The Labute approximate surface area is 77.6 Å². The molecule has 0 aromatic heterocycles. The number of halogens is 1. The van der Waals surface area contributed by atoms with Gasteiger partial charge in [0, 0.05) is 18.5 Å². The van der Waals surface area contributed by atoms with Gasteiger partial charge in [-0.1, -0.05) is 22.4 Å². The first kappa shape index (κ1) is 9.53. The molecule has 0 aromatic carbocycles. The lowest BCUT2D eigenvalue weighted by molar-refractivity contribution is 0.192. The van der Waals surface area contributed by atoms with Crippen LogP contribution in [0.5, 0.6) is 0 Å². The molecule has 1 aliphatic rings. The third-order valence-electron chi connectivity index (χ3n) is 2.21. The van der Waals surface area contributed by atoms with Crippen LogP contribution in [0.2, 0.25) is 0 Å². The van der Waals surface area contributed by atoms with Gasteiger partial charge in [-0.2, -0.15) is 0 Å². The van der Waals surface area contributed by atoms with Crippen molar-refractivity contribution in [3.63, 3.8) is 0 Å². The molecule has 0 amide bonds. The van der Waals surface area contributed by atoms with Gasteiger partial charge in [0.1, 0.15) is 0 Å². The van der Waals surface area contributed by atoms with Crippen LogP contribution in [0, 0.1) is 5.92 Å². The molecule has 1 fully saturated rings. The molecule has 0 heterocycles. The Morgan fingerprint density at radius 1 is 1.45 bits per heavy atom. The predicted molar refractivity (Wildman–Crippen MR) is 51.2 cm³/mol. The summed E-state index contributed by atoms with van der Waals surface area (Å²) >= 11 is 3.72. The van der Waals surface area contributed by atoms with E-state index in [0.29, 0.717) is 0 Å². The van der Waals surface area contributed by atoms with Crippen LogP contribution in [0.25, 0.3) is 0 Å². The zero-order valence-corrected chi connectivity index (χ0v) is 8.77. The highest BCUT2D eigenvalue weighted by molar-refractivity contribution is 9.09. The van der Waals surface area contributed by atoms with E-state index in [1.54, 1.807) is 7.11 Å². The minimum Gasteiger partial charge on any atom is -0.385 e. The van der Waals surface area contributed by atoms with Gasteiger partial charge in [0.05, 0.1) is 0 Å². The van der Waals surface area contributed by atoms with Crippen LogP contribution in [-0.4, -0.2) is 18.5 Å². The Kier molecular flexibility index (Phi) is 4.46. The highest BCUT2D eigenvalue weighted by Gasteiger charge is 2.28. The van der Waals surface area contributed by atoms with Gasteiger partial charge in [-0.15, -0.1) is 0 Å². The lowest BCUT2D eigenvalue weighted by Gasteiger charge is -2.06. The molecule has 1 aliphatic carbocycles. The van der Waals surface area contributed by atoms with Gasteiger partial charge in [-0.25, -0.2) is 0 Å². The van der Waals surface area contributed by atoms with E-state index in [1.165, 1.54) is 32.1 Å². The van der Waals surface area contributed by atoms with E-state index < -0.39 is 0 Å². The molecule has 66 valence electrons. The number of hydrogen-bond acceptors (Lipinski definition) is 1. The first-order chi connectivity index (χ1) is 5.34. The molecular weight excluding hydrogens is 204 g/mol. The van der Waals surface area contributed by atoms with Crippen molar-refractivity contribution in [2.75, 3.05) is 13.7 Å². The Bertz CT molecular complexity index is 102. The number of unbranched alkanes of at least 4 members (excludes halogenated alkanes) is 1. The first-order valence-corrected chi connectivity index (χ1v) is 5.39. The number of alkyl halides is 1. The second-order valence-electron chi connectivity index (χ2n) is 3.34. The zero-order valence-electron chi connectivity index (χ0n) is 7.18. The van der Waals surface area contributed by atoms with E-state index in [-0.39, 0.29) is 0 Å². The average molecular weight is 221 g/mol. The van der Waals surface area contributed by atoms with Gasteiger partial charge in [0.25, 0.3) is 0 Å². The van der Waals surface area contributed by atoms with E-state index >= 15 is 0 Å². The van der Waals surface area contributed by atoms with Gasteiger partial charge in [-0.05, 0) is 31.6 Å². The highest BCUT2D eigenvalue weighted by atomic mass is 79.9. The fraction of sp³-hybridized carbons (Fsp3) is 1.00. The maximum absolute atomic E-state index is 4.98. The molecule has 1 nitrogen and oxygen atoms in total. The van der Waals surface area contributed by atoms with Gasteiger partial charge in [-0.3, -0.25) is 0 Å². The fourth-order valence-corrected chi connectivity index (χ4v) is 2.13. The van der Waals surface area contributed by atoms with Gasteiger partial charge in [0.2, 0.25) is 0 Å². The van der Waals surface area contributed by atoms with E-state index in [9.17, 15) is 0 Å². The molecule has 0 saturated heterocycles. The van der Waals surface area contributed by atoms with Crippen molar-refractivity contribution in [2.24, 2.45) is 5.92 Å². The Morgan fingerprint density at radius 3 is 2.73 bits per heavy atom. The Balaban J connectivity index is 1.85. The molecule has 0 bridgehead atoms. The summed E-state index contributed by atoms with van der Waals surface area (Å²) in [6.07, 6.45) is 6.74. The first-order valence-electron chi connectivity index (χ1n) is 4.47. The third-order valence-corrected chi connectivity index (χ3v) is 3.42. The molecule has 0 aromatic rings. The van der Waals surface area contributed by atoms with E-state index in [4.69, 9.17) is 4.74 Å². The van der Waals surface area contributed by atoms with Crippen molar-refractivity contribution in [1.29, 1.82) is 0 Å². The predicted octanol–water partition coefficient (Wildman–Crippen LogP) is 2.98. The Morgan fingerprint density at radius 2 is 2.18 bits per heavy atom. The number of rotatable bonds is 6. The van der Waals surface area contributed by atoms with Crippen LogP contribution in [0.1, 0.15) is 32.1 Å². The van der Waals surface area contributed by atoms with Crippen molar-refractivity contribution in [3.8, 4) is 0 Å². The second-order valence-corrected chi connectivity index (χ2v) is 4.52. The molecule has 1 saturated carbocycles. The standard InChI is InChI=1S/C9H17BrO/c1-11-7-3-2-4-9(10)8-5-6-8/h8-9H,2-7H2,1H3. The normalized spacial score (nSPS) is 20.2. The van der Waals surface area contributed by atoms with Crippen LogP contribution in [-0.2, 0) is 4.74 Å². The summed E-state index contributed by atoms with van der Waals surface area (Å²) in [5.41, 5.74) is 0. The molecule has 0 radical (unpaired) electrons. The maximum atomic E-state index is 4.98. The molecule has 1 unspecified atom stereocenters. The number of methoxy groups -OCH3 is 1. The summed E-state index contributed by atoms with van der Waals surface area (Å²) < 4.78 is 4.98. The third kappa shape index (κ3) is 4.12. The van der Waals surface area contributed by atoms with Crippen LogP contribution in [0.4, 0.5) is 0 Å². The maximum Gasteiger partial charge on any atom is 0.0462 e. The molecule has 11 heavy (non-hydrogen) atoms. The van der Waals surface area contributed by atoms with Gasteiger partial charge in [0.15, 0.2) is 0 Å². The summed E-state index contributed by atoms with van der Waals surface area (Å²) in [4.78, 5) is 0.791.